The summed E-state index contributed by atoms with van der Waals surface area (Å²) in [5, 5.41) is 12.6. The van der Waals surface area contributed by atoms with Crippen molar-refractivity contribution in [1.82, 2.24) is 0 Å². The normalized spacial score (nSPS) is 71.8. The molecule has 0 saturated heterocycles. The molecule has 0 aromatic rings. The van der Waals surface area contributed by atoms with Crippen LogP contribution in [-0.2, 0) is 14.9 Å². The predicted octanol–water partition coefficient (Wildman–Crippen LogP) is 10.5. The van der Waals surface area contributed by atoms with Crippen LogP contribution in [0.1, 0.15) is 90.0 Å². The Balaban J connectivity index is 1.04. The van der Waals surface area contributed by atoms with Gasteiger partial charge in [-0.1, -0.05) is 101 Å². The van der Waals surface area contributed by atoms with Crippen LogP contribution < -0.4 is 0 Å². The van der Waals surface area contributed by atoms with Crippen LogP contribution in [0.4, 0.5) is 0 Å². The fraction of sp³-hybridized carbons (Fsp3) is 0.915. The molecule has 6 heteroatoms. The molecule has 0 aliphatic heterocycles. The van der Waals surface area contributed by atoms with Gasteiger partial charge in [-0.2, -0.15) is 8.42 Å². The second-order valence-corrected chi connectivity index (χ2v) is 30.7. The van der Waals surface area contributed by atoms with Crippen molar-refractivity contribution in [1.29, 1.82) is 0 Å². The maximum Gasteiger partial charge on any atom is 0.268 e. The molecule has 0 aromatic heterocycles. The van der Waals surface area contributed by atoms with Gasteiger partial charge in [0.2, 0.25) is 0 Å². The fourth-order valence-corrected chi connectivity index (χ4v) is 30.8. The molecule has 14 fully saturated rings. The summed E-state index contributed by atoms with van der Waals surface area (Å²) in [5.74, 6) is 18.9. The fourth-order valence-electron chi connectivity index (χ4n) is 29.1. The van der Waals surface area contributed by atoms with Crippen LogP contribution in [0.25, 0.3) is 0 Å². The van der Waals surface area contributed by atoms with E-state index >= 15 is 0 Å². The van der Waals surface area contributed by atoms with Gasteiger partial charge in [0, 0.05) is 5.92 Å². The minimum Gasteiger partial charge on any atom is -0.393 e. The van der Waals surface area contributed by atoms with E-state index in [4.69, 9.17) is 0 Å². The third-order valence-electron chi connectivity index (χ3n) is 29.6. The lowest BCUT2D eigenvalue weighted by atomic mass is 9.19. The van der Waals surface area contributed by atoms with Crippen molar-refractivity contribution in [3.8, 4) is 0 Å². The average molecular weight is 905 g/mol. The first-order valence-corrected chi connectivity index (χ1v) is 29.9. The van der Waals surface area contributed by atoms with Crippen molar-refractivity contribution < 1.29 is 22.9 Å². The molecule has 0 spiro atoms. The van der Waals surface area contributed by atoms with Crippen molar-refractivity contribution in [2.24, 2.45) is 231 Å². The summed E-state index contributed by atoms with van der Waals surface area (Å²) < 4.78 is 41.8. The highest BCUT2D eigenvalue weighted by atomic mass is 32.2. The summed E-state index contributed by atoms with van der Waals surface area (Å²) in [6.07, 6.45) is 4.02. The molecule has 0 amide bonds. The van der Waals surface area contributed by atoms with Crippen LogP contribution in [0.15, 0.2) is 23.3 Å². The Morgan fingerprint density at radius 2 is 0.615 bits per heavy atom. The van der Waals surface area contributed by atoms with E-state index in [-0.39, 0.29) is 47.4 Å². The first-order valence-electron chi connectivity index (χ1n) is 28.4. The summed E-state index contributed by atoms with van der Waals surface area (Å²) in [5.41, 5.74) is 3.05. The highest BCUT2D eigenvalue weighted by molar-refractivity contribution is 7.86. The van der Waals surface area contributed by atoms with Gasteiger partial charge < -0.3 is 5.11 Å². The van der Waals surface area contributed by atoms with Crippen LogP contribution in [0.5, 0.6) is 0 Å². The largest absolute Gasteiger partial charge is 0.393 e. The standard InChI is InChI=1S/C59H84O5S/c1-16-17(2)33-26(11)39-50-49-38(28(13)58(39)61)25(10)36-24(9)35-22(7)31-15-29(60)14-30-21(6)32-19(4)20(5)34-23(8)37-27(12)41-51(53(50)43(33)40(18(16)3)59(41)65(62,63)64)57-48(37)54-45(34)44(32)52(42(30)31)46(35)55(54)47(36)56(49)57/h14-28,32-59,61H,1-13H3,(H,62,63,64). The maximum absolute atomic E-state index is 14.9. The lowest BCUT2D eigenvalue weighted by Crippen LogP contribution is -2.83. The van der Waals surface area contributed by atoms with Crippen LogP contribution in [0, 0.1) is 231 Å². The van der Waals surface area contributed by atoms with Gasteiger partial charge >= 0.3 is 0 Å². The lowest BCUT2D eigenvalue weighted by molar-refractivity contribution is -0.383. The number of rotatable bonds is 1. The SMILES string of the molecule is CC1C2=CC(=O)C=C3C(C)C4C(C)C5C(C)C6C(C)C(O)C7C(C)C8C(C)C(C)C(C)C9C8C8C7C6C6C5C5C4C(C23)C2C1C(C)C(C)C1C(C)C3C(C)C(C8C6C3C5C12)C9S(=O)(=O)O. The molecule has 65 heavy (non-hydrogen) atoms. The molecule has 356 valence electrons. The molecule has 0 bridgehead atoms. The third kappa shape index (κ3) is 4.18. The monoisotopic (exact) mass is 905 g/mol. The number of carbonyl (C=O) groups is 1. The number of carbonyl (C=O) groups excluding carboxylic acids is 1. The van der Waals surface area contributed by atoms with E-state index in [1.165, 1.54) is 11.1 Å². The van der Waals surface area contributed by atoms with Gasteiger partial charge in [0.15, 0.2) is 5.78 Å². The number of allylic oxidation sites excluding steroid dienone is 4. The van der Waals surface area contributed by atoms with Crippen molar-refractivity contribution in [3.63, 3.8) is 0 Å². The van der Waals surface area contributed by atoms with Crippen LogP contribution in [-0.4, -0.2) is 35.2 Å². The quantitative estimate of drug-likeness (QED) is 0.256. The van der Waals surface area contributed by atoms with Gasteiger partial charge in [-0.25, -0.2) is 0 Å². The van der Waals surface area contributed by atoms with Gasteiger partial charge in [-0.15, -0.1) is 0 Å². The number of hydrogen-bond donors (Lipinski definition) is 2. The summed E-state index contributed by atoms with van der Waals surface area (Å²) in [6, 6.07) is 0. The molecule has 0 radical (unpaired) electrons. The maximum atomic E-state index is 14.9. The Hall–Kier alpha value is -0.980. The molecule has 15 aliphatic carbocycles. The molecule has 41 unspecified atom stereocenters. The Morgan fingerprint density at radius 3 is 1.11 bits per heavy atom. The molecular formula is C59H84O5S. The summed E-state index contributed by atoms with van der Waals surface area (Å²) >= 11 is 0. The minimum absolute atomic E-state index is 0.0109. The highest BCUT2D eigenvalue weighted by Crippen LogP contribution is 2.87. The zero-order valence-corrected chi connectivity index (χ0v) is 42.7. The van der Waals surface area contributed by atoms with E-state index in [1.807, 2.05) is 0 Å². The third-order valence-corrected chi connectivity index (χ3v) is 30.9. The molecule has 15 aliphatic rings. The van der Waals surface area contributed by atoms with E-state index in [0.717, 1.165) is 0 Å². The zero-order valence-electron chi connectivity index (χ0n) is 41.9. The van der Waals surface area contributed by atoms with Gasteiger partial charge in [0.1, 0.15) is 0 Å². The predicted molar refractivity (Wildman–Crippen MR) is 252 cm³/mol. The van der Waals surface area contributed by atoms with Gasteiger partial charge in [0.05, 0.1) is 11.4 Å². The Kier molecular flexibility index (Phi) is 8.06. The van der Waals surface area contributed by atoms with Gasteiger partial charge in [-0.3, -0.25) is 9.35 Å². The van der Waals surface area contributed by atoms with E-state index < -0.39 is 15.4 Å². The Morgan fingerprint density at radius 1 is 0.338 bits per heavy atom. The molecule has 15 rings (SSSR count). The van der Waals surface area contributed by atoms with Crippen molar-refractivity contribution in [2.45, 2.75) is 101 Å². The van der Waals surface area contributed by atoms with E-state index in [0.29, 0.717) is 195 Å². The van der Waals surface area contributed by atoms with E-state index in [2.05, 4.69) is 102 Å². The molecule has 5 nitrogen and oxygen atoms in total. The summed E-state index contributed by atoms with van der Waals surface area (Å²) in [6.45, 7) is 33.5. The second kappa shape index (κ2) is 12.5. The highest BCUT2D eigenvalue weighted by Gasteiger charge is 2.85. The average Bonchev–Trinajstić information content (AvgIpc) is 3.24. The summed E-state index contributed by atoms with van der Waals surface area (Å²) in [7, 11) is -4.36. The van der Waals surface area contributed by atoms with Crippen molar-refractivity contribution in [2.75, 3.05) is 0 Å². The number of aliphatic hydroxyl groups is 1. The van der Waals surface area contributed by atoms with Crippen LogP contribution in [0.2, 0.25) is 0 Å². The molecule has 0 heterocycles. The first kappa shape index (κ1) is 41.8. The van der Waals surface area contributed by atoms with Crippen molar-refractivity contribution in [3.05, 3.63) is 23.3 Å². The molecular weight excluding hydrogens is 821 g/mol. The molecule has 0 aromatic carbocycles. The van der Waals surface area contributed by atoms with E-state index in [1.54, 1.807) is 0 Å². The van der Waals surface area contributed by atoms with Gasteiger partial charge in [-0.05, 0) is 237 Å². The summed E-state index contributed by atoms with van der Waals surface area (Å²) in [4.78, 5) is 14.0. The lowest BCUT2D eigenvalue weighted by Gasteiger charge is -2.86. The Labute approximate surface area is 392 Å². The topological polar surface area (TPSA) is 91.7 Å². The van der Waals surface area contributed by atoms with Crippen molar-refractivity contribution >= 4 is 15.9 Å². The molecule has 41 atom stereocenters. The molecule has 14 saturated carbocycles. The Bertz CT molecular complexity index is 2330. The molecule has 2 N–H and O–H groups in total. The van der Waals surface area contributed by atoms with Crippen LogP contribution in [0.3, 0.4) is 0 Å². The van der Waals surface area contributed by atoms with E-state index in [9.17, 15) is 22.9 Å². The minimum atomic E-state index is -4.36. The number of hydrogen-bond acceptors (Lipinski definition) is 4. The van der Waals surface area contributed by atoms with Crippen LogP contribution >= 0.6 is 0 Å². The first-order chi connectivity index (χ1) is 30.7. The number of ketones is 1. The zero-order chi connectivity index (χ0) is 45.3. The second-order valence-electron chi connectivity index (χ2n) is 29.1. The number of aliphatic hydroxyl groups excluding tert-OH is 1. The van der Waals surface area contributed by atoms with Gasteiger partial charge in [0.25, 0.3) is 10.1 Å². The smallest absolute Gasteiger partial charge is 0.268 e.